The van der Waals surface area contributed by atoms with E-state index in [1.807, 2.05) is 42.5 Å². The van der Waals surface area contributed by atoms with Crippen LogP contribution in [-0.2, 0) is 12.8 Å². The largest absolute Gasteiger partial charge is 0.493 e. The zero-order valence-electron chi connectivity index (χ0n) is 21.3. The lowest BCUT2D eigenvalue weighted by molar-refractivity contribution is 0.134. The van der Waals surface area contributed by atoms with Gasteiger partial charge in [-0.3, -0.25) is 14.4 Å². The number of benzene rings is 2. The number of methoxy groups -OCH3 is 1. The molecule has 2 aromatic heterocycles. The fraction of sp³-hybridized carbons (Fsp3) is 0.300. The molecule has 0 N–H and O–H groups in total. The van der Waals surface area contributed by atoms with Crippen LogP contribution in [0.2, 0.25) is 0 Å². The maximum atomic E-state index is 13.0. The molecular formula is C30H29N3O3. The molecule has 6 heteroatoms. The van der Waals surface area contributed by atoms with Crippen LogP contribution in [0, 0.1) is 0 Å². The summed E-state index contributed by atoms with van der Waals surface area (Å²) < 4.78 is 13.7. The van der Waals surface area contributed by atoms with E-state index >= 15 is 0 Å². The maximum Gasteiger partial charge on any atom is 0.256 e. The third kappa shape index (κ3) is 3.60. The lowest BCUT2D eigenvalue weighted by Crippen LogP contribution is -2.31. The Hall–Kier alpha value is -3.93. The molecule has 2 aliphatic heterocycles. The van der Waals surface area contributed by atoms with Gasteiger partial charge >= 0.3 is 0 Å². The van der Waals surface area contributed by atoms with Crippen LogP contribution in [0.25, 0.3) is 16.7 Å². The molecule has 0 atom stereocenters. The molecule has 6 nitrogen and oxygen atoms in total. The highest BCUT2D eigenvalue weighted by Gasteiger charge is 2.39. The molecule has 0 radical (unpaired) electrons. The minimum absolute atomic E-state index is 0.120. The Kier molecular flexibility index (Phi) is 4.87. The van der Waals surface area contributed by atoms with E-state index in [4.69, 9.17) is 14.5 Å². The van der Waals surface area contributed by atoms with E-state index in [0.717, 1.165) is 57.6 Å². The van der Waals surface area contributed by atoms with Gasteiger partial charge in [0.1, 0.15) is 11.4 Å². The molecule has 2 aromatic carbocycles. The summed E-state index contributed by atoms with van der Waals surface area (Å²) in [6.07, 6.45) is 3.32. The lowest BCUT2D eigenvalue weighted by Gasteiger charge is -2.31. The molecule has 36 heavy (non-hydrogen) atoms. The molecule has 0 fully saturated rings. The fourth-order valence-corrected chi connectivity index (χ4v) is 5.54. The number of hydrogen-bond donors (Lipinski definition) is 0. The van der Waals surface area contributed by atoms with Gasteiger partial charge in [0.2, 0.25) is 0 Å². The van der Waals surface area contributed by atoms with Gasteiger partial charge in [-0.2, -0.15) is 0 Å². The summed E-state index contributed by atoms with van der Waals surface area (Å²) in [5.74, 6) is 2.14. The van der Waals surface area contributed by atoms with E-state index in [-0.39, 0.29) is 16.7 Å². The molecule has 6 rings (SSSR count). The predicted molar refractivity (Wildman–Crippen MR) is 142 cm³/mol. The molecule has 0 bridgehead atoms. The van der Waals surface area contributed by atoms with Crippen LogP contribution in [0.5, 0.6) is 11.5 Å². The van der Waals surface area contributed by atoms with Gasteiger partial charge in [0.25, 0.3) is 5.56 Å². The number of para-hydroxylation sites is 1. The van der Waals surface area contributed by atoms with Crippen molar-refractivity contribution in [3.8, 4) is 17.3 Å². The summed E-state index contributed by atoms with van der Waals surface area (Å²) in [7, 11) is 1.69. The topological polar surface area (TPSA) is 65.7 Å². The van der Waals surface area contributed by atoms with Crippen LogP contribution in [0.15, 0.2) is 70.6 Å². The van der Waals surface area contributed by atoms with E-state index in [0.29, 0.717) is 5.82 Å². The van der Waals surface area contributed by atoms with Crippen molar-refractivity contribution in [2.45, 2.75) is 51.7 Å². The van der Waals surface area contributed by atoms with Crippen molar-refractivity contribution in [2.24, 2.45) is 4.99 Å². The summed E-state index contributed by atoms with van der Waals surface area (Å²) in [6.45, 7) is 8.49. The van der Waals surface area contributed by atoms with Crippen molar-refractivity contribution in [2.75, 3.05) is 7.11 Å². The van der Waals surface area contributed by atoms with Gasteiger partial charge in [-0.05, 0) is 75.4 Å². The Labute approximate surface area is 210 Å². The van der Waals surface area contributed by atoms with Crippen molar-refractivity contribution in [3.63, 3.8) is 0 Å². The molecule has 0 spiro atoms. The Morgan fingerprint density at radius 2 is 1.81 bits per heavy atom. The van der Waals surface area contributed by atoms with E-state index in [9.17, 15) is 4.79 Å². The van der Waals surface area contributed by atoms with Crippen LogP contribution in [0.3, 0.4) is 0 Å². The summed E-state index contributed by atoms with van der Waals surface area (Å²) in [6, 6.07) is 17.3. The summed E-state index contributed by atoms with van der Waals surface area (Å²) in [5.41, 5.74) is 5.33. The predicted octanol–water partition coefficient (Wildman–Crippen LogP) is 5.28. The number of aromatic nitrogens is 2. The van der Waals surface area contributed by atoms with Crippen LogP contribution in [0.1, 0.15) is 49.9 Å². The molecule has 182 valence electrons. The lowest BCUT2D eigenvalue weighted by atomic mass is 9.81. The molecule has 2 aliphatic rings. The molecule has 0 amide bonds. The number of ether oxygens (including phenoxy) is 2. The quantitative estimate of drug-likeness (QED) is 0.401. The number of nitrogens with zero attached hydrogens (tertiary/aromatic N) is 3. The number of pyridine rings is 2. The van der Waals surface area contributed by atoms with Gasteiger partial charge in [0, 0.05) is 35.4 Å². The van der Waals surface area contributed by atoms with Crippen molar-refractivity contribution in [3.05, 3.63) is 93.4 Å². The van der Waals surface area contributed by atoms with E-state index in [2.05, 4.69) is 38.7 Å². The summed E-state index contributed by atoms with van der Waals surface area (Å²) in [5, 5.41) is 0.982. The summed E-state index contributed by atoms with van der Waals surface area (Å²) in [4.78, 5) is 22.8. The third-order valence-corrected chi connectivity index (χ3v) is 6.95. The Morgan fingerprint density at radius 3 is 2.61 bits per heavy atom. The SMILES string of the molecule is COc1cc2c(c3c1OC(C)(C)C3)C(c1ccnc(-n3c(=O)ccc4ccccc43)c1)=NC(C)(C)C2. The zero-order chi connectivity index (χ0) is 25.2. The average molecular weight is 480 g/mol. The molecular weight excluding hydrogens is 450 g/mol. The summed E-state index contributed by atoms with van der Waals surface area (Å²) >= 11 is 0. The first-order valence-corrected chi connectivity index (χ1v) is 12.3. The van der Waals surface area contributed by atoms with Gasteiger partial charge < -0.3 is 9.47 Å². The number of rotatable bonds is 3. The van der Waals surface area contributed by atoms with E-state index in [1.165, 1.54) is 5.56 Å². The van der Waals surface area contributed by atoms with Gasteiger partial charge in [-0.1, -0.05) is 18.2 Å². The fourth-order valence-electron chi connectivity index (χ4n) is 5.54. The second kappa shape index (κ2) is 7.79. The van der Waals surface area contributed by atoms with Gasteiger partial charge in [0.05, 0.1) is 23.9 Å². The standard InChI is InChI=1S/C30H29N3O3/c1-29(2)16-20-14-23(35-5)28-21(17-30(3,4)36-28)26(20)27(32-29)19-12-13-31-24(15-19)33-22-9-7-6-8-18(22)10-11-25(33)34/h6-15H,16-17H2,1-5H3. The van der Waals surface area contributed by atoms with Crippen LogP contribution >= 0.6 is 0 Å². The first-order valence-electron chi connectivity index (χ1n) is 12.3. The number of aliphatic imine (C=N–C) groups is 1. The second-order valence-electron chi connectivity index (χ2n) is 10.9. The Bertz CT molecular complexity index is 1630. The molecule has 0 unspecified atom stereocenters. The van der Waals surface area contributed by atoms with Gasteiger partial charge in [-0.15, -0.1) is 0 Å². The van der Waals surface area contributed by atoms with Gasteiger partial charge in [0.15, 0.2) is 11.5 Å². The maximum absolute atomic E-state index is 13.0. The average Bonchev–Trinajstić information content (AvgIpc) is 3.17. The number of hydrogen-bond acceptors (Lipinski definition) is 5. The van der Waals surface area contributed by atoms with Crippen molar-refractivity contribution < 1.29 is 9.47 Å². The minimum atomic E-state index is -0.331. The van der Waals surface area contributed by atoms with Crippen LogP contribution < -0.4 is 15.0 Å². The smallest absolute Gasteiger partial charge is 0.256 e. The highest BCUT2D eigenvalue weighted by Crippen LogP contribution is 2.47. The molecule has 0 saturated carbocycles. The normalized spacial score (nSPS) is 17.2. The number of fused-ring (bicyclic) bond motifs is 4. The third-order valence-electron chi connectivity index (χ3n) is 6.95. The Balaban J connectivity index is 1.58. The minimum Gasteiger partial charge on any atom is -0.493 e. The highest BCUT2D eigenvalue weighted by atomic mass is 16.5. The molecule has 4 heterocycles. The van der Waals surface area contributed by atoms with E-state index < -0.39 is 0 Å². The van der Waals surface area contributed by atoms with E-state index in [1.54, 1.807) is 23.9 Å². The van der Waals surface area contributed by atoms with Crippen LogP contribution in [-0.4, -0.2) is 33.5 Å². The van der Waals surface area contributed by atoms with Crippen molar-refractivity contribution in [1.82, 2.24) is 9.55 Å². The molecule has 0 aliphatic carbocycles. The molecule has 0 saturated heterocycles. The van der Waals surface area contributed by atoms with Crippen LogP contribution in [0.4, 0.5) is 0 Å². The first-order chi connectivity index (χ1) is 17.2. The van der Waals surface area contributed by atoms with Crippen molar-refractivity contribution in [1.29, 1.82) is 0 Å². The Morgan fingerprint density at radius 1 is 1.00 bits per heavy atom. The highest BCUT2D eigenvalue weighted by molar-refractivity contribution is 6.16. The monoisotopic (exact) mass is 479 g/mol. The first kappa shape index (κ1) is 22.5. The zero-order valence-corrected chi connectivity index (χ0v) is 21.3. The molecule has 4 aromatic rings. The van der Waals surface area contributed by atoms with Crippen molar-refractivity contribution >= 4 is 16.6 Å². The second-order valence-corrected chi connectivity index (χ2v) is 10.9. The van der Waals surface area contributed by atoms with Gasteiger partial charge in [-0.25, -0.2) is 4.98 Å².